The molecule has 4 aliphatic rings. The van der Waals surface area contributed by atoms with Crippen molar-refractivity contribution in [2.24, 2.45) is 5.92 Å². The Morgan fingerprint density at radius 2 is 1.32 bits per heavy atom. The second-order valence-corrected chi connectivity index (χ2v) is 19.1. The van der Waals surface area contributed by atoms with Crippen LogP contribution in [0.15, 0.2) is 60.7 Å². The molecule has 0 spiro atoms. The molecule has 0 aromatic heterocycles. The van der Waals surface area contributed by atoms with Crippen molar-refractivity contribution in [3.63, 3.8) is 0 Å². The standard InChI is InChI=1S/C54H74N6O8/c1-7-35(2)50(62)57-48(54(66)60-31-19-29-46(60)52(64)56-44-27-17-23-40-21-11-13-26-43(40)44)37(4)67-32-14-8-9-15-33-68-38(5)49(58-51(63)36(3)55-6)53(65)59-30-18-28-45(59)47(61)34-41-24-16-22-39-20-10-12-25-42(39)41/h8,10-14,20-21,25-26,35-38,41,44-46,48-49,55H,7,16-19,22-24,27-34H2,1-6H3,(H,56,64)(H,57,62)(H,58,63)/t35-,36+,37-,38-,41+,44-,45+,46+,48+,49+/m1/s1. The number of hydrogen-bond donors (Lipinski definition) is 4. The van der Waals surface area contributed by atoms with Gasteiger partial charge >= 0.3 is 0 Å². The zero-order valence-corrected chi connectivity index (χ0v) is 41.0. The van der Waals surface area contributed by atoms with E-state index in [0.29, 0.717) is 51.6 Å². The highest BCUT2D eigenvalue weighted by atomic mass is 16.5. The van der Waals surface area contributed by atoms with E-state index in [4.69, 9.17) is 9.47 Å². The minimum absolute atomic E-state index is 0.0382. The molecule has 368 valence electrons. The number of hydrogen-bond acceptors (Lipinski definition) is 9. The van der Waals surface area contributed by atoms with Crippen molar-refractivity contribution in [3.8, 4) is 11.8 Å². The number of likely N-dealkylation sites (N-methyl/N-ethyl adjacent to an activating group) is 1. The number of fused-ring (bicyclic) bond motifs is 2. The van der Waals surface area contributed by atoms with Crippen molar-refractivity contribution in [1.29, 1.82) is 0 Å². The van der Waals surface area contributed by atoms with Crippen molar-refractivity contribution >= 4 is 35.3 Å². The first-order valence-corrected chi connectivity index (χ1v) is 25.1. The Morgan fingerprint density at radius 1 is 0.735 bits per heavy atom. The van der Waals surface area contributed by atoms with E-state index in [2.05, 4.69) is 57.4 Å². The number of carbonyl (C=O) groups is 6. The summed E-state index contributed by atoms with van der Waals surface area (Å²) in [4.78, 5) is 85.7. The molecule has 0 radical (unpaired) electrons. The second-order valence-electron chi connectivity index (χ2n) is 19.1. The van der Waals surface area contributed by atoms with Gasteiger partial charge in [-0.05, 0) is 133 Å². The van der Waals surface area contributed by atoms with Crippen LogP contribution in [-0.4, -0.2) is 121 Å². The van der Waals surface area contributed by atoms with E-state index in [-0.39, 0.29) is 66.4 Å². The lowest BCUT2D eigenvalue weighted by molar-refractivity contribution is -0.145. The maximum absolute atomic E-state index is 14.3. The molecule has 0 bridgehead atoms. The Morgan fingerprint density at radius 3 is 2.00 bits per heavy atom. The Bertz CT molecular complexity index is 2180. The van der Waals surface area contributed by atoms with Crippen LogP contribution in [0.3, 0.4) is 0 Å². The number of Topliss-reactive ketones (excluding diaryl/α,β-unsaturated/α-hetero) is 1. The smallest absolute Gasteiger partial charge is 0.248 e. The molecule has 68 heavy (non-hydrogen) atoms. The van der Waals surface area contributed by atoms with Gasteiger partial charge in [0.05, 0.1) is 36.9 Å². The number of benzene rings is 2. The average molecular weight is 935 g/mol. The molecule has 5 amide bonds. The first-order valence-electron chi connectivity index (χ1n) is 25.1. The molecule has 10 atom stereocenters. The van der Waals surface area contributed by atoms with E-state index >= 15 is 0 Å². The highest BCUT2D eigenvalue weighted by molar-refractivity contribution is 5.95. The minimum Gasteiger partial charge on any atom is -0.372 e. The molecule has 2 aliphatic heterocycles. The number of ketones is 1. The summed E-state index contributed by atoms with van der Waals surface area (Å²) in [5.41, 5.74) is 4.89. The molecule has 2 aliphatic carbocycles. The number of aryl methyl sites for hydroxylation is 2. The van der Waals surface area contributed by atoms with Crippen molar-refractivity contribution < 1.29 is 38.2 Å². The largest absolute Gasteiger partial charge is 0.372 e. The van der Waals surface area contributed by atoms with E-state index < -0.39 is 42.4 Å². The van der Waals surface area contributed by atoms with Crippen molar-refractivity contribution in [1.82, 2.24) is 31.1 Å². The van der Waals surface area contributed by atoms with Gasteiger partial charge in [-0.25, -0.2) is 0 Å². The molecule has 2 fully saturated rings. The van der Waals surface area contributed by atoms with Crippen molar-refractivity contribution in [2.45, 2.75) is 166 Å². The highest BCUT2D eigenvalue weighted by Crippen LogP contribution is 2.36. The normalized spacial score (nSPS) is 22.6. The number of carbonyl (C=O) groups excluding carboxylic acids is 6. The lowest BCUT2D eigenvalue weighted by Crippen LogP contribution is -2.58. The molecular weight excluding hydrogens is 861 g/mol. The molecule has 0 unspecified atom stereocenters. The van der Waals surface area contributed by atoms with Crippen LogP contribution in [-0.2, 0) is 51.1 Å². The lowest BCUT2D eigenvalue weighted by Gasteiger charge is -2.33. The fourth-order valence-electron chi connectivity index (χ4n) is 10.1. The van der Waals surface area contributed by atoms with Gasteiger partial charge in [0.15, 0.2) is 5.78 Å². The predicted molar refractivity (Wildman–Crippen MR) is 261 cm³/mol. The van der Waals surface area contributed by atoms with Crippen molar-refractivity contribution in [2.75, 3.05) is 33.4 Å². The van der Waals surface area contributed by atoms with Crippen LogP contribution in [0.5, 0.6) is 0 Å². The third-order valence-corrected chi connectivity index (χ3v) is 14.5. The molecule has 2 heterocycles. The maximum Gasteiger partial charge on any atom is 0.248 e. The molecule has 4 N–H and O–H groups in total. The maximum atomic E-state index is 14.3. The summed E-state index contributed by atoms with van der Waals surface area (Å²) >= 11 is 0. The Hall–Kier alpha value is -5.36. The monoisotopic (exact) mass is 935 g/mol. The Balaban J connectivity index is 1.03. The topological polar surface area (TPSA) is 175 Å². The molecule has 14 nitrogen and oxygen atoms in total. The summed E-state index contributed by atoms with van der Waals surface area (Å²) in [6.45, 7) is 9.77. The summed E-state index contributed by atoms with van der Waals surface area (Å²) in [7, 11) is 1.67. The Kier molecular flexibility index (Phi) is 19.4. The molecule has 6 rings (SSSR count). The molecule has 14 heteroatoms. The molecular formula is C54H74N6O8. The van der Waals surface area contributed by atoms with Gasteiger partial charge in [-0.3, -0.25) is 28.8 Å². The number of rotatable bonds is 20. The lowest BCUT2D eigenvalue weighted by atomic mass is 9.79. The van der Waals surface area contributed by atoms with E-state index in [1.54, 1.807) is 49.8 Å². The van der Waals surface area contributed by atoms with E-state index in [1.807, 2.05) is 38.1 Å². The van der Waals surface area contributed by atoms with Crippen LogP contribution in [0.2, 0.25) is 0 Å². The number of nitrogens with one attached hydrogen (secondary N) is 4. The number of ether oxygens (including phenoxy) is 2. The van der Waals surface area contributed by atoms with Crippen LogP contribution in [0, 0.1) is 17.8 Å². The predicted octanol–water partition coefficient (Wildman–Crippen LogP) is 5.23. The van der Waals surface area contributed by atoms with Crippen LogP contribution >= 0.6 is 0 Å². The van der Waals surface area contributed by atoms with Gasteiger partial charge in [-0.2, -0.15) is 0 Å². The SMILES string of the molecule is CC[C@@H](C)C(=O)N[C@H](C(=O)N1CCC[C@H]1C(=O)N[C@@H]1CCCc2ccccc21)[C@@H](C)OCC=CC#CCO[C@H](C)[C@H](NC(=O)[C@H](C)NC)C(=O)N1CCC[C@H]1C(=O)C[C@@H]1CCCc2ccccc21. The first kappa shape index (κ1) is 52.0. The zero-order valence-electron chi connectivity index (χ0n) is 41.0. The minimum atomic E-state index is -1.04. The van der Waals surface area contributed by atoms with E-state index in [1.165, 1.54) is 16.7 Å². The Labute approximate surface area is 403 Å². The van der Waals surface area contributed by atoms with Gasteiger partial charge < -0.3 is 40.5 Å². The number of allylic oxidation sites excluding steroid dienone is 1. The summed E-state index contributed by atoms with van der Waals surface area (Å²) in [5.74, 6) is 4.22. The second kappa shape index (κ2) is 25.3. The fraction of sp³-hybridized carbons (Fsp3) is 0.593. The highest BCUT2D eigenvalue weighted by Gasteiger charge is 2.42. The first-order chi connectivity index (χ1) is 32.8. The number of likely N-dealkylation sites (tertiary alicyclic amines) is 2. The molecule has 0 saturated carbocycles. The van der Waals surface area contributed by atoms with Crippen LogP contribution < -0.4 is 21.3 Å². The molecule has 2 aromatic carbocycles. The third kappa shape index (κ3) is 13.2. The molecule has 2 aromatic rings. The van der Waals surface area contributed by atoms with Crippen LogP contribution in [0.1, 0.15) is 133 Å². The van der Waals surface area contributed by atoms with Crippen LogP contribution in [0.25, 0.3) is 0 Å². The van der Waals surface area contributed by atoms with Gasteiger partial charge in [-0.1, -0.05) is 80.3 Å². The van der Waals surface area contributed by atoms with E-state index in [9.17, 15) is 28.8 Å². The number of amides is 5. The zero-order chi connectivity index (χ0) is 48.7. The van der Waals surface area contributed by atoms with Gasteiger partial charge in [0.25, 0.3) is 0 Å². The third-order valence-electron chi connectivity index (χ3n) is 14.5. The van der Waals surface area contributed by atoms with Gasteiger partial charge in [0, 0.05) is 25.4 Å². The molecule has 2 saturated heterocycles. The van der Waals surface area contributed by atoms with Crippen LogP contribution in [0.4, 0.5) is 0 Å². The summed E-state index contributed by atoms with van der Waals surface area (Å²) < 4.78 is 12.1. The summed E-state index contributed by atoms with van der Waals surface area (Å²) in [6, 6.07) is 12.6. The number of nitrogens with zero attached hydrogens (tertiary/aromatic N) is 2. The van der Waals surface area contributed by atoms with Gasteiger partial charge in [0.1, 0.15) is 24.7 Å². The quantitative estimate of drug-likeness (QED) is 0.130. The summed E-state index contributed by atoms with van der Waals surface area (Å²) in [6.07, 6.45) is 11.1. The fourth-order valence-corrected chi connectivity index (χ4v) is 10.1. The summed E-state index contributed by atoms with van der Waals surface area (Å²) in [5, 5.41) is 12.0. The van der Waals surface area contributed by atoms with Crippen molar-refractivity contribution in [3.05, 3.63) is 82.9 Å². The van der Waals surface area contributed by atoms with Gasteiger partial charge in [0.2, 0.25) is 29.5 Å². The van der Waals surface area contributed by atoms with Gasteiger partial charge in [-0.15, -0.1) is 0 Å². The average Bonchev–Trinajstić information content (AvgIpc) is 4.06. The van der Waals surface area contributed by atoms with E-state index in [0.717, 1.165) is 44.1 Å².